The first-order valence-electron chi connectivity index (χ1n) is 2.36. The molecule has 1 rings (SSSR count). The molecule has 0 aromatic heterocycles. The number of carbonyl (C=O) groups is 1. The Bertz CT molecular complexity index is 132. The minimum Gasteiger partial charge on any atom is -0.303 e. The van der Waals surface area contributed by atoms with Crippen molar-refractivity contribution in [1.29, 1.82) is 0 Å². The van der Waals surface area contributed by atoms with Gasteiger partial charge in [-0.15, -0.1) is 23.2 Å². The Morgan fingerprint density at radius 2 is 2.00 bits per heavy atom. The van der Waals surface area contributed by atoms with Crippen LogP contribution in [0.15, 0.2) is 0 Å². The van der Waals surface area contributed by atoms with Gasteiger partial charge in [0.1, 0.15) is 10.6 Å². The molecule has 1 unspecified atom stereocenters. The second-order valence-corrected chi connectivity index (χ2v) is 3.90. The van der Waals surface area contributed by atoms with E-state index in [4.69, 9.17) is 23.2 Å². The number of aldehydes is 1. The summed E-state index contributed by atoms with van der Waals surface area (Å²) >= 11 is 11.2. The summed E-state index contributed by atoms with van der Waals surface area (Å²) < 4.78 is -0.769. The molecule has 0 heterocycles. The zero-order valence-electron chi connectivity index (χ0n) is 4.45. The van der Waals surface area contributed by atoms with E-state index in [1.807, 2.05) is 0 Å². The maximum absolute atomic E-state index is 10.1. The van der Waals surface area contributed by atoms with Crippen LogP contribution < -0.4 is 0 Å². The topological polar surface area (TPSA) is 17.1 Å². The normalized spacial score (nSPS) is 41.4. The summed E-state index contributed by atoms with van der Waals surface area (Å²) in [7, 11) is 0. The summed E-state index contributed by atoms with van der Waals surface area (Å²) in [5, 5.41) is 0. The van der Waals surface area contributed by atoms with Gasteiger partial charge in [0.25, 0.3) is 0 Å². The number of hydrogen-bond acceptors (Lipinski definition) is 1. The molecule has 0 amide bonds. The van der Waals surface area contributed by atoms with Crippen molar-refractivity contribution < 1.29 is 4.79 Å². The molecule has 0 radical (unpaired) electrons. The molecular formula is C5H6Cl2O. The Balaban J connectivity index is 2.68. The molecule has 8 heavy (non-hydrogen) atoms. The lowest BCUT2D eigenvalue weighted by molar-refractivity contribution is -0.111. The first-order valence-corrected chi connectivity index (χ1v) is 3.12. The van der Waals surface area contributed by atoms with Crippen molar-refractivity contribution in [2.45, 2.75) is 17.7 Å². The Kier molecular flexibility index (Phi) is 1.11. The quantitative estimate of drug-likeness (QED) is 0.414. The molecule has 1 atom stereocenters. The van der Waals surface area contributed by atoms with E-state index >= 15 is 0 Å². The van der Waals surface area contributed by atoms with Gasteiger partial charge in [0.2, 0.25) is 0 Å². The molecule has 1 aliphatic rings. The van der Waals surface area contributed by atoms with Crippen molar-refractivity contribution in [2.75, 3.05) is 0 Å². The molecule has 0 aromatic rings. The highest BCUT2D eigenvalue weighted by molar-refractivity contribution is 6.52. The van der Waals surface area contributed by atoms with Crippen molar-refractivity contribution >= 4 is 29.5 Å². The molecule has 0 N–H and O–H groups in total. The van der Waals surface area contributed by atoms with E-state index in [1.54, 1.807) is 6.92 Å². The number of carbonyl (C=O) groups excluding carboxylic acids is 1. The van der Waals surface area contributed by atoms with Gasteiger partial charge >= 0.3 is 0 Å². The smallest absolute Gasteiger partial charge is 0.131 e. The van der Waals surface area contributed by atoms with Crippen molar-refractivity contribution in [2.24, 2.45) is 5.41 Å². The Labute approximate surface area is 58.0 Å². The van der Waals surface area contributed by atoms with Crippen LogP contribution in [0, 0.1) is 5.41 Å². The summed E-state index contributed by atoms with van der Waals surface area (Å²) in [6.45, 7) is 1.75. The monoisotopic (exact) mass is 152 g/mol. The van der Waals surface area contributed by atoms with Crippen LogP contribution in [-0.2, 0) is 4.79 Å². The predicted octanol–water partition coefficient (Wildman–Crippen LogP) is 1.77. The first-order chi connectivity index (χ1) is 3.52. The third-order valence-corrected chi connectivity index (χ3v) is 2.69. The molecule has 3 heteroatoms. The van der Waals surface area contributed by atoms with E-state index in [2.05, 4.69) is 0 Å². The Hall–Kier alpha value is 0.250. The highest BCUT2D eigenvalue weighted by Gasteiger charge is 2.63. The largest absolute Gasteiger partial charge is 0.303 e. The van der Waals surface area contributed by atoms with Crippen LogP contribution in [0.3, 0.4) is 0 Å². The van der Waals surface area contributed by atoms with Crippen molar-refractivity contribution in [3.8, 4) is 0 Å². The zero-order chi connectivity index (χ0) is 6.41. The van der Waals surface area contributed by atoms with Gasteiger partial charge in [-0.05, 0) is 13.3 Å². The van der Waals surface area contributed by atoms with Crippen LogP contribution in [0.1, 0.15) is 13.3 Å². The first kappa shape index (κ1) is 6.37. The molecule has 1 fully saturated rings. The van der Waals surface area contributed by atoms with Gasteiger partial charge in [-0.1, -0.05) is 0 Å². The van der Waals surface area contributed by atoms with E-state index in [9.17, 15) is 4.79 Å². The average Bonchev–Trinajstić information content (AvgIpc) is 2.10. The Morgan fingerprint density at radius 3 is 2.00 bits per heavy atom. The van der Waals surface area contributed by atoms with Crippen LogP contribution in [0.4, 0.5) is 0 Å². The van der Waals surface area contributed by atoms with E-state index < -0.39 is 9.75 Å². The van der Waals surface area contributed by atoms with E-state index in [-0.39, 0.29) is 0 Å². The number of halogens is 2. The fourth-order valence-electron chi connectivity index (χ4n) is 0.545. The van der Waals surface area contributed by atoms with Gasteiger partial charge in [-0.3, -0.25) is 0 Å². The fourth-order valence-corrected chi connectivity index (χ4v) is 1.19. The molecule has 0 aliphatic heterocycles. The van der Waals surface area contributed by atoms with Gasteiger partial charge in [-0.25, -0.2) is 0 Å². The summed E-state index contributed by atoms with van der Waals surface area (Å²) in [6, 6.07) is 0. The second-order valence-electron chi connectivity index (χ2n) is 2.42. The second kappa shape index (κ2) is 1.39. The minimum absolute atomic E-state index is 0.462. The van der Waals surface area contributed by atoms with E-state index in [0.717, 1.165) is 6.29 Å². The predicted molar refractivity (Wildman–Crippen MR) is 33.2 cm³/mol. The molecular weight excluding hydrogens is 147 g/mol. The standard InChI is InChI=1S/C5H6Cl2O/c1-4(3-8)2-5(4,6)7/h3H,2H2,1H3. The van der Waals surface area contributed by atoms with Crippen LogP contribution >= 0.6 is 23.2 Å². The molecule has 1 aliphatic carbocycles. The van der Waals surface area contributed by atoms with Gasteiger partial charge in [-0.2, -0.15) is 0 Å². The van der Waals surface area contributed by atoms with Crippen LogP contribution in [0.5, 0.6) is 0 Å². The average molecular weight is 153 g/mol. The molecule has 46 valence electrons. The maximum Gasteiger partial charge on any atom is 0.131 e. The number of rotatable bonds is 1. The molecule has 0 bridgehead atoms. The van der Waals surface area contributed by atoms with Gasteiger partial charge in [0.15, 0.2) is 0 Å². The summed E-state index contributed by atoms with van der Waals surface area (Å²) in [5.74, 6) is 0. The van der Waals surface area contributed by atoms with Crippen LogP contribution in [-0.4, -0.2) is 10.6 Å². The fraction of sp³-hybridized carbons (Fsp3) is 0.800. The SMILES string of the molecule is CC1(C=O)CC1(Cl)Cl. The number of hydrogen-bond donors (Lipinski definition) is 0. The maximum atomic E-state index is 10.1. The van der Waals surface area contributed by atoms with Crippen molar-refractivity contribution in [3.05, 3.63) is 0 Å². The summed E-state index contributed by atoms with van der Waals surface area (Å²) in [6.07, 6.45) is 1.40. The van der Waals surface area contributed by atoms with Gasteiger partial charge in [0.05, 0.1) is 5.41 Å². The third kappa shape index (κ3) is 0.652. The zero-order valence-corrected chi connectivity index (χ0v) is 5.96. The van der Waals surface area contributed by atoms with Gasteiger partial charge in [0, 0.05) is 0 Å². The summed E-state index contributed by atoms with van der Waals surface area (Å²) in [5.41, 5.74) is -0.462. The molecule has 0 saturated heterocycles. The molecule has 0 aromatic carbocycles. The molecule has 1 saturated carbocycles. The van der Waals surface area contributed by atoms with E-state index in [1.165, 1.54) is 0 Å². The van der Waals surface area contributed by atoms with Crippen molar-refractivity contribution in [3.63, 3.8) is 0 Å². The summed E-state index contributed by atoms with van der Waals surface area (Å²) in [4.78, 5) is 10.1. The highest BCUT2D eigenvalue weighted by Crippen LogP contribution is 2.62. The van der Waals surface area contributed by atoms with Crippen molar-refractivity contribution in [1.82, 2.24) is 0 Å². The Morgan fingerprint density at radius 1 is 1.62 bits per heavy atom. The minimum atomic E-state index is -0.769. The van der Waals surface area contributed by atoms with E-state index in [0.29, 0.717) is 6.42 Å². The lowest BCUT2D eigenvalue weighted by Gasteiger charge is -1.98. The van der Waals surface area contributed by atoms with Gasteiger partial charge < -0.3 is 4.79 Å². The third-order valence-electron chi connectivity index (χ3n) is 1.56. The number of alkyl halides is 2. The molecule has 1 nitrogen and oxygen atoms in total. The lowest BCUT2D eigenvalue weighted by atomic mass is 10.2. The molecule has 0 spiro atoms. The van der Waals surface area contributed by atoms with Crippen LogP contribution in [0.2, 0.25) is 0 Å². The van der Waals surface area contributed by atoms with Crippen LogP contribution in [0.25, 0.3) is 0 Å². The highest BCUT2D eigenvalue weighted by atomic mass is 35.5. The lowest BCUT2D eigenvalue weighted by Crippen LogP contribution is -2.04.